The van der Waals surface area contributed by atoms with Gasteiger partial charge in [-0.25, -0.2) is 0 Å². The second kappa shape index (κ2) is 7.49. The maximum Gasteiger partial charge on any atom is 0.163 e. The van der Waals surface area contributed by atoms with Crippen LogP contribution < -0.4 is 0 Å². The van der Waals surface area contributed by atoms with Crippen molar-refractivity contribution in [1.29, 1.82) is 0 Å². The molecular weight excluding hydrogens is 440 g/mol. The molecule has 2 aliphatic rings. The summed E-state index contributed by atoms with van der Waals surface area (Å²) >= 11 is 10.6. The Bertz CT molecular complexity index is 1240. The highest BCUT2D eigenvalue weighted by molar-refractivity contribution is 7.22. The Labute approximate surface area is 192 Å². The molecular formula is C26H25ClS2Si. The van der Waals surface area contributed by atoms with E-state index in [1.165, 1.54) is 48.0 Å². The number of halogens is 1. The Morgan fingerprint density at radius 3 is 2.20 bits per heavy atom. The van der Waals surface area contributed by atoms with Crippen LogP contribution in [-0.2, 0) is 6.42 Å². The van der Waals surface area contributed by atoms with Gasteiger partial charge >= 0.3 is 0 Å². The van der Waals surface area contributed by atoms with Gasteiger partial charge in [0.15, 0.2) is 7.38 Å². The minimum absolute atomic E-state index is 0.467. The van der Waals surface area contributed by atoms with Crippen molar-refractivity contribution in [1.82, 2.24) is 0 Å². The summed E-state index contributed by atoms with van der Waals surface area (Å²) in [5.74, 6) is 0. The standard InChI is InChI=1S/C14H15ClSSi.C12H10S/c1-9-8-12-10-6-4-5-7-11(10)14(13(12)16-9)17(2,3)15;1-8-6-11-10-5-3-2-4-9(10)7-12(11)13-8/h4-8,14H,1-3H3;2-6H,7H2,1H3. The third kappa shape index (κ3) is 3.42. The van der Waals surface area contributed by atoms with Crippen LogP contribution in [0.1, 0.15) is 36.2 Å². The van der Waals surface area contributed by atoms with Crippen molar-refractivity contribution in [3.8, 4) is 22.3 Å². The molecule has 0 aliphatic heterocycles. The van der Waals surface area contributed by atoms with Gasteiger partial charge in [0.25, 0.3) is 0 Å². The van der Waals surface area contributed by atoms with Crippen LogP contribution in [0.25, 0.3) is 22.3 Å². The van der Waals surface area contributed by atoms with Gasteiger partial charge in [-0.15, -0.1) is 22.7 Å². The average molecular weight is 465 g/mol. The first-order valence-electron chi connectivity index (χ1n) is 10.4. The van der Waals surface area contributed by atoms with E-state index in [9.17, 15) is 0 Å². The fraction of sp³-hybridized carbons (Fsp3) is 0.231. The van der Waals surface area contributed by atoms with Crippen molar-refractivity contribution in [2.24, 2.45) is 0 Å². The van der Waals surface area contributed by atoms with Gasteiger partial charge in [-0.05, 0) is 59.4 Å². The third-order valence-electron chi connectivity index (χ3n) is 5.99. The summed E-state index contributed by atoms with van der Waals surface area (Å²) in [7, 11) is -1.73. The maximum atomic E-state index is 6.75. The van der Waals surface area contributed by atoms with E-state index < -0.39 is 7.38 Å². The summed E-state index contributed by atoms with van der Waals surface area (Å²) in [6, 6.07) is 22.1. The monoisotopic (exact) mass is 464 g/mol. The minimum atomic E-state index is -1.73. The van der Waals surface area contributed by atoms with Crippen LogP contribution in [0.15, 0.2) is 60.7 Å². The Morgan fingerprint density at radius 1 is 0.800 bits per heavy atom. The molecule has 2 aromatic heterocycles. The highest BCUT2D eigenvalue weighted by Gasteiger charge is 2.41. The number of rotatable bonds is 1. The summed E-state index contributed by atoms with van der Waals surface area (Å²) in [5, 5.41) is 0. The van der Waals surface area contributed by atoms with Gasteiger partial charge in [-0.3, -0.25) is 0 Å². The molecule has 0 nitrogen and oxygen atoms in total. The summed E-state index contributed by atoms with van der Waals surface area (Å²) in [6.45, 7) is 8.87. The zero-order chi connectivity index (χ0) is 21.0. The summed E-state index contributed by atoms with van der Waals surface area (Å²) in [4.78, 5) is 5.86. The van der Waals surface area contributed by atoms with Gasteiger partial charge < -0.3 is 0 Å². The van der Waals surface area contributed by atoms with Gasteiger partial charge in [0, 0.05) is 31.5 Å². The second-order valence-electron chi connectivity index (χ2n) is 8.75. The molecule has 1 unspecified atom stereocenters. The maximum absolute atomic E-state index is 6.75. The van der Waals surface area contributed by atoms with E-state index in [2.05, 4.69) is 87.6 Å². The van der Waals surface area contributed by atoms with E-state index in [1.807, 2.05) is 22.7 Å². The van der Waals surface area contributed by atoms with Crippen LogP contribution in [0, 0.1) is 13.8 Å². The zero-order valence-electron chi connectivity index (χ0n) is 17.8. The smallest absolute Gasteiger partial charge is 0.163 e. The van der Waals surface area contributed by atoms with Crippen molar-refractivity contribution in [2.45, 2.75) is 38.9 Å². The molecule has 4 aromatic rings. The van der Waals surface area contributed by atoms with Crippen LogP contribution in [0.2, 0.25) is 13.1 Å². The largest absolute Gasteiger partial charge is 0.167 e. The lowest BCUT2D eigenvalue weighted by Crippen LogP contribution is -2.27. The van der Waals surface area contributed by atoms with Crippen LogP contribution in [0.3, 0.4) is 0 Å². The molecule has 0 fully saturated rings. The summed E-state index contributed by atoms with van der Waals surface area (Å²) < 4.78 is 0. The van der Waals surface area contributed by atoms with E-state index in [4.69, 9.17) is 11.1 Å². The summed E-state index contributed by atoms with van der Waals surface area (Å²) in [6.07, 6.45) is 1.14. The minimum Gasteiger partial charge on any atom is -0.167 e. The predicted octanol–water partition coefficient (Wildman–Crippen LogP) is 8.78. The second-order valence-corrected chi connectivity index (χ2v) is 18.0. The quantitative estimate of drug-likeness (QED) is 0.172. The number of fused-ring (bicyclic) bond motifs is 6. The SMILES string of the molecule is Cc1cc2c(s1)C([Si](C)(C)Cl)c1ccccc1-2.Cc1cc2c(s1)Cc1ccccc1-2. The molecule has 0 saturated carbocycles. The molecule has 1 atom stereocenters. The van der Waals surface area contributed by atoms with Gasteiger partial charge in [0.05, 0.1) is 0 Å². The highest BCUT2D eigenvalue weighted by Crippen LogP contribution is 2.53. The van der Waals surface area contributed by atoms with Crippen molar-refractivity contribution in [3.63, 3.8) is 0 Å². The highest BCUT2D eigenvalue weighted by atomic mass is 35.6. The Hall–Kier alpha value is -1.65. The van der Waals surface area contributed by atoms with Crippen LogP contribution in [0.5, 0.6) is 0 Å². The molecule has 0 radical (unpaired) electrons. The lowest BCUT2D eigenvalue weighted by atomic mass is 10.1. The van der Waals surface area contributed by atoms with E-state index in [0.717, 1.165) is 6.42 Å². The average Bonchev–Trinajstić information content (AvgIpc) is 3.39. The van der Waals surface area contributed by atoms with Crippen molar-refractivity contribution in [2.75, 3.05) is 0 Å². The van der Waals surface area contributed by atoms with Gasteiger partial charge in [-0.2, -0.15) is 11.1 Å². The summed E-state index contributed by atoms with van der Waals surface area (Å²) in [5.41, 5.74) is 9.14. The first-order chi connectivity index (χ1) is 14.3. The first-order valence-corrected chi connectivity index (χ1v) is 16.1. The van der Waals surface area contributed by atoms with Crippen LogP contribution in [0.4, 0.5) is 0 Å². The number of hydrogen-bond donors (Lipinski definition) is 0. The predicted molar refractivity (Wildman–Crippen MR) is 137 cm³/mol. The van der Waals surface area contributed by atoms with Crippen molar-refractivity contribution < 1.29 is 0 Å². The lowest BCUT2D eigenvalue weighted by Gasteiger charge is -2.23. The zero-order valence-corrected chi connectivity index (χ0v) is 21.1. The molecule has 0 N–H and O–H groups in total. The molecule has 0 bridgehead atoms. The molecule has 30 heavy (non-hydrogen) atoms. The van der Waals surface area contributed by atoms with Crippen molar-refractivity contribution in [3.05, 3.63) is 91.3 Å². The molecule has 0 amide bonds. The topological polar surface area (TPSA) is 0 Å². The molecule has 2 heterocycles. The Morgan fingerprint density at radius 2 is 1.43 bits per heavy atom. The molecule has 6 rings (SSSR count). The van der Waals surface area contributed by atoms with E-state index in [-0.39, 0.29) is 0 Å². The fourth-order valence-electron chi connectivity index (χ4n) is 4.81. The third-order valence-corrected chi connectivity index (χ3v) is 11.0. The molecule has 4 heteroatoms. The van der Waals surface area contributed by atoms with E-state index in [0.29, 0.717) is 5.54 Å². The number of thiophene rings is 2. The normalized spacial score (nSPS) is 15.7. The van der Waals surface area contributed by atoms with Crippen molar-refractivity contribution >= 4 is 41.1 Å². The van der Waals surface area contributed by atoms with E-state index >= 15 is 0 Å². The number of aryl methyl sites for hydroxylation is 2. The Kier molecular flexibility index (Phi) is 5.06. The number of benzene rings is 2. The fourth-order valence-corrected chi connectivity index (χ4v) is 10.6. The molecule has 152 valence electrons. The van der Waals surface area contributed by atoms with E-state index in [1.54, 1.807) is 4.88 Å². The van der Waals surface area contributed by atoms with Crippen LogP contribution >= 0.6 is 33.8 Å². The number of hydrogen-bond acceptors (Lipinski definition) is 2. The molecule has 0 spiro atoms. The van der Waals surface area contributed by atoms with Gasteiger partial charge in [0.1, 0.15) is 0 Å². The lowest BCUT2D eigenvalue weighted by molar-refractivity contribution is 1.18. The molecule has 2 aromatic carbocycles. The molecule has 2 aliphatic carbocycles. The Balaban J connectivity index is 0.000000133. The first kappa shape index (κ1) is 20.3. The van der Waals surface area contributed by atoms with Crippen LogP contribution in [-0.4, -0.2) is 7.38 Å². The molecule has 0 saturated heterocycles. The van der Waals surface area contributed by atoms with Gasteiger partial charge in [0.2, 0.25) is 0 Å². The van der Waals surface area contributed by atoms with Gasteiger partial charge in [-0.1, -0.05) is 61.6 Å².